The second-order valence-corrected chi connectivity index (χ2v) is 14.0. The highest BCUT2D eigenvalue weighted by Gasteiger charge is 2.70. The van der Waals surface area contributed by atoms with Crippen molar-refractivity contribution in [3.05, 3.63) is 11.1 Å². The van der Waals surface area contributed by atoms with Gasteiger partial charge in [0.05, 0.1) is 17.3 Å². The van der Waals surface area contributed by atoms with Crippen molar-refractivity contribution < 1.29 is 29.6 Å². The SMILES string of the molecule is COC1CC(C)[C@@]2(C)C(C)C(C)C3=C(C)C(OC(=O)C(O)C(C)C=N)[C@H](C)C(O)(C(C)C2C1(C)O)C3(C)C. The highest BCUT2D eigenvalue weighted by molar-refractivity contribution is 5.79. The van der Waals surface area contributed by atoms with E-state index in [9.17, 15) is 20.1 Å². The molecule has 0 heterocycles. The highest BCUT2D eigenvalue weighted by Crippen LogP contribution is 2.68. The van der Waals surface area contributed by atoms with Crippen molar-refractivity contribution in [2.45, 2.75) is 112 Å². The summed E-state index contributed by atoms with van der Waals surface area (Å²) in [5, 5.41) is 43.2. The Labute approximate surface area is 229 Å². The molecule has 3 aliphatic rings. The number of carbonyl (C=O) groups is 1. The van der Waals surface area contributed by atoms with E-state index in [-0.39, 0.29) is 41.1 Å². The monoisotopic (exact) mass is 535 g/mol. The summed E-state index contributed by atoms with van der Waals surface area (Å²) in [6.45, 7) is 22.6. The van der Waals surface area contributed by atoms with Crippen LogP contribution >= 0.6 is 0 Å². The van der Waals surface area contributed by atoms with Gasteiger partial charge in [-0.15, -0.1) is 0 Å². The normalized spacial score (nSPS) is 48.3. The van der Waals surface area contributed by atoms with Crippen LogP contribution < -0.4 is 0 Å². The first kappa shape index (κ1) is 31.3. The van der Waals surface area contributed by atoms with E-state index >= 15 is 0 Å². The number of rotatable bonds is 5. The van der Waals surface area contributed by atoms with Crippen LogP contribution in [-0.2, 0) is 14.3 Å². The number of aliphatic hydroxyl groups is 3. The maximum Gasteiger partial charge on any atom is 0.336 e. The van der Waals surface area contributed by atoms with Crippen LogP contribution in [-0.4, -0.2) is 64.1 Å². The van der Waals surface area contributed by atoms with Crippen molar-refractivity contribution in [1.29, 1.82) is 5.41 Å². The van der Waals surface area contributed by atoms with E-state index in [1.54, 1.807) is 14.0 Å². The van der Waals surface area contributed by atoms with Crippen LogP contribution in [0.5, 0.6) is 0 Å². The van der Waals surface area contributed by atoms with E-state index in [0.29, 0.717) is 0 Å². The van der Waals surface area contributed by atoms with Crippen molar-refractivity contribution >= 4 is 12.2 Å². The molecule has 2 fully saturated rings. The zero-order valence-electron chi connectivity index (χ0n) is 25.6. The number of hydrogen-bond donors (Lipinski definition) is 4. The van der Waals surface area contributed by atoms with Crippen molar-refractivity contribution in [3.8, 4) is 0 Å². The predicted octanol–water partition coefficient (Wildman–Crippen LogP) is 4.62. The topological polar surface area (TPSA) is 120 Å². The van der Waals surface area contributed by atoms with Crippen LogP contribution in [0.4, 0.5) is 0 Å². The van der Waals surface area contributed by atoms with Crippen LogP contribution in [0, 0.1) is 57.7 Å². The molecular formula is C31H53NO6. The van der Waals surface area contributed by atoms with Crippen LogP contribution in [0.15, 0.2) is 11.1 Å². The third-order valence-corrected chi connectivity index (χ3v) is 12.2. The highest BCUT2D eigenvalue weighted by atomic mass is 16.6. The molecule has 38 heavy (non-hydrogen) atoms. The molecule has 218 valence electrons. The Hall–Kier alpha value is -1.28. The van der Waals surface area contributed by atoms with Gasteiger partial charge < -0.3 is 30.2 Å². The number of fused-ring (bicyclic) bond motifs is 3. The molecule has 7 nitrogen and oxygen atoms in total. The summed E-state index contributed by atoms with van der Waals surface area (Å²) >= 11 is 0. The Bertz CT molecular complexity index is 973. The smallest absolute Gasteiger partial charge is 0.336 e. The zero-order valence-corrected chi connectivity index (χ0v) is 25.6. The molecule has 3 aliphatic carbocycles. The van der Waals surface area contributed by atoms with Crippen molar-refractivity contribution in [1.82, 2.24) is 0 Å². The number of hydrogen-bond acceptors (Lipinski definition) is 7. The fourth-order valence-electron chi connectivity index (χ4n) is 9.74. The third-order valence-electron chi connectivity index (χ3n) is 12.2. The zero-order chi connectivity index (χ0) is 29.3. The molecule has 0 aromatic rings. The summed E-state index contributed by atoms with van der Waals surface area (Å²) < 4.78 is 11.9. The second-order valence-electron chi connectivity index (χ2n) is 14.0. The lowest BCUT2D eigenvalue weighted by Gasteiger charge is -2.69. The molecular weight excluding hydrogens is 482 g/mol. The molecule has 0 amide bonds. The fourth-order valence-corrected chi connectivity index (χ4v) is 9.74. The van der Waals surface area contributed by atoms with E-state index in [1.807, 2.05) is 27.7 Å². The standard InChI is InChI=1S/C31H53NO6/c1-15(14-32)24(33)27(34)38-25-18(4)23-17(3)19(5)29(10)16(2)13-22(37-12)30(11,35)26(29)21(7)31(36,20(25)6)28(23,8)9/h14-17,19-22,24-26,32-33,35-36H,13H2,1-12H3/t15?,16?,17?,19?,20-,21?,22?,24?,25?,26?,29-,30?,31?/m0/s1. The first-order valence-electron chi connectivity index (χ1n) is 14.4. The van der Waals surface area contributed by atoms with Gasteiger partial charge in [0.25, 0.3) is 0 Å². The van der Waals surface area contributed by atoms with Gasteiger partial charge in [-0.3, -0.25) is 0 Å². The van der Waals surface area contributed by atoms with Gasteiger partial charge >= 0.3 is 5.97 Å². The lowest BCUT2D eigenvalue weighted by molar-refractivity contribution is -0.277. The van der Waals surface area contributed by atoms with Crippen LogP contribution in [0.25, 0.3) is 0 Å². The third kappa shape index (κ3) is 3.97. The Morgan fingerprint density at radius 1 is 1.05 bits per heavy atom. The van der Waals surface area contributed by atoms with Gasteiger partial charge in [0.1, 0.15) is 6.10 Å². The molecule has 7 heteroatoms. The maximum absolute atomic E-state index is 13.0. The predicted molar refractivity (Wildman–Crippen MR) is 149 cm³/mol. The summed E-state index contributed by atoms with van der Waals surface area (Å²) in [4.78, 5) is 13.0. The van der Waals surface area contributed by atoms with Gasteiger partial charge in [0.2, 0.25) is 0 Å². The lowest BCUT2D eigenvalue weighted by atomic mass is 9.38. The van der Waals surface area contributed by atoms with Crippen LogP contribution in [0.2, 0.25) is 0 Å². The van der Waals surface area contributed by atoms with Crippen LogP contribution in [0.3, 0.4) is 0 Å². The first-order chi connectivity index (χ1) is 17.3. The molecule has 0 aromatic heterocycles. The molecule has 4 N–H and O–H groups in total. The molecule has 0 saturated heterocycles. The number of ether oxygens (including phenoxy) is 2. The van der Waals surface area contributed by atoms with E-state index in [4.69, 9.17) is 14.9 Å². The fraction of sp³-hybridized carbons (Fsp3) is 0.871. The number of esters is 1. The van der Waals surface area contributed by atoms with Crippen molar-refractivity contribution in [2.75, 3.05) is 7.11 Å². The summed E-state index contributed by atoms with van der Waals surface area (Å²) in [7, 11) is 1.65. The molecule has 2 bridgehead atoms. The van der Waals surface area contributed by atoms with Gasteiger partial charge in [-0.25, -0.2) is 4.79 Å². The summed E-state index contributed by atoms with van der Waals surface area (Å²) in [6.07, 6.45) is -0.791. The average Bonchev–Trinajstić information content (AvgIpc) is 2.84. The van der Waals surface area contributed by atoms with Gasteiger partial charge in [0, 0.05) is 36.5 Å². The van der Waals surface area contributed by atoms with Gasteiger partial charge in [-0.05, 0) is 54.9 Å². The average molecular weight is 536 g/mol. The largest absolute Gasteiger partial charge is 0.456 e. The minimum absolute atomic E-state index is 0.0352. The summed E-state index contributed by atoms with van der Waals surface area (Å²) in [5.74, 6) is -2.23. The minimum atomic E-state index is -1.45. The first-order valence-corrected chi connectivity index (χ1v) is 14.4. The summed E-state index contributed by atoms with van der Waals surface area (Å²) in [6, 6.07) is 0. The molecule has 0 aromatic carbocycles. The number of methoxy groups -OCH3 is 1. The van der Waals surface area contributed by atoms with E-state index in [1.165, 1.54) is 0 Å². The van der Waals surface area contributed by atoms with E-state index in [2.05, 4.69) is 41.5 Å². The molecule has 3 rings (SSSR count). The molecule has 2 saturated carbocycles. The quantitative estimate of drug-likeness (QED) is 0.232. The Morgan fingerprint density at radius 3 is 2.11 bits per heavy atom. The maximum atomic E-state index is 13.0. The van der Waals surface area contributed by atoms with Crippen molar-refractivity contribution in [3.63, 3.8) is 0 Å². The number of nitrogens with one attached hydrogen (secondary N) is 1. The Kier molecular flexibility index (Phi) is 8.20. The lowest BCUT2D eigenvalue weighted by Crippen LogP contribution is -2.73. The Balaban J connectivity index is 2.30. The second kappa shape index (κ2) is 9.97. The van der Waals surface area contributed by atoms with Gasteiger partial charge in [0.15, 0.2) is 6.10 Å². The molecule has 0 aliphatic heterocycles. The van der Waals surface area contributed by atoms with E-state index < -0.39 is 46.6 Å². The van der Waals surface area contributed by atoms with E-state index in [0.717, 1.165) is 23.8 Å². The molecule has 11 unspecified atom stereocenters. The molecule has 13 atom stereocenters. The molecule has 0 radical (unpaired) electrons. The summed E-state index contributed by atoms with van der Waals surface area (Å²) in [5.41, 5.74) is -1.49. The van der Waals surface area contributed by atoms with Gasteiger partial charge in [-0.2, -0.15) is 0 Å². The number of aliphatic hydroxyl groups excluding tert-OH is 1. The minimum Gasteiger partial charge on any atom is -0.456 e. The Morgan fingerprint density at radius 2 is 1.61 bits per heavy atom. The number of carbonyl (C=O) groups excluding carboxylic acids is 1. The molecule has 0 spiro atoms. The van der Waals surface area contributed by atoms with Gasteiger partial charge in [-0.1, -0.05) is 67.9 Å². The van der Waals surface area contributed by atoms with Crippen molar-refractivity contribution in [2.24, 2.45) is 52.3 Å². The van der Waals surface area contributed by atoms with Crippen LogP contribution in [0.1, 0.15) is 82.6 Å².